The van der Waals surface area contributed by atoms with Crippen LogP contribution in [0.25, 0.3) is 0 Å². The van der Waals surface area contributed by atoms with E-state index < -0.39 is 6.09 Å². The smallest absolute Gasteiger partial charge is 0.407 e. The maximum Gasteiger partial charge on any atom is 0.407 e. The van der Waals surface area contributed by atoms with E-state index in [1.165, 1.54) is 37.5 Å². The van der Waals surface area contributed by atoms with Gasteiger partial charge < -0.3 is 15.0 Å². The Balaban J connectivity index is 1.17. The van der Waals surface area contributed by atoms with Crippen LogP contribution in [0.1, 0.15) is 62.5 Å². The molecule has 4 fully saturated rings. The zero-order valence-electron chi connectivity index (χ0n) is 16.9. The van der Waals surface area contributed by atoms with E-state index in [1.54, 1.807) is 0 Å². The molecule has 5 rings (SSSR count). The third-order valence-electron chi connectivity index (χ3n) is 7.68. The summed E-state index contributed by atoms with van der Waals surface area (Å²) in [7, 11) is 1.37. The first-order chi connectivity index (χ1) is 13.4. The Bertz CT molecular complexity index is 795. The summed E-state index contributed by atoms with van der Waals surface area (Å²) in [5, 5.41) is 2.86. The van der Waals surface area contributed by atoms with E-state index in [9.17, 15) is 9.59 Å². The highest BCUT2D eigenvalue weighted by atomic mass is 16.5. The summed E-state index contributed by atoms with van der Waals surface area (Å²) >= 11 is 0. The number of nitrogens with zero attached hydrogens (tertiary/aromatic N) is 1. The quantitative estimate of drug-likeness (QED) is 0.866. The largest absolute Gasteiger partial charge is 0.453 e. The molecule has 1 aromatic rings. The highest BCUT2D eigenvalue weighted by molar-refractivity contribution is 5.81. The van der Waals surface area contributed by atoms with Crippen molar-refractivity contribution in [3.63, 3.8) is 0 Å². The van der Waals surface area contributed by atoms with Crippen molar-refractivity contribution in [1.82, 2.24) is 10.2 Å². The van der Waals surface area contributed by atoms with Crippen LogP contribution in [0.3, 0.4) is 0 Å². The third-order valence-corrected chi connectivity index (χ3v) is 7.68. The molecule has 5 nitrogen and oxygen atoms in total. The number of nitrogens with one attached hydrogen (secondary N) is 1. The molecule has 2 amide bonds. The number of alkyl carbamates (subject to hydrolysis) is 1. The average molecular weight is 383 g/mol. The molecule has 1 aromatic carbocycles. The molecule has 1 N–H and O–H groups in total. The average Bonchev–Trinajstić information content (AvgIpc) is 3.58. The van der Waals surface area contributed by atoms with E-state index in [4.69, 9.17) is 0 Å². The topological polar surface area (TPSA) is 58.6 Å². The van der Waals surface area contributed by atoms with Crippen LogP contribution < -0.4 is 5.32 Å². The van der Waals surface area contributed by atoms with Gasteiger partial charge in [-0.3, -0.25) is 4.79 Å². The Morgan fingerprint density at radius 2 is 1.86 bits per heavy atom. The molecule has 3 saturated carbocycles. The third kappa shape index (κ3) is 2.99. The van der Waals surface area contributed by atoms with Crippen LogP contribution in [0.4, 0.5) is 4.79 Å². The van der Waals surface area contributed by atoms with Crippen molar-refractivity contribution in [2.75, 3.05) is 20.2 Å². The zero-order valence-corrected chi connectivity index (χ0v) is 16.9. The molecule has 1 heterocycles. The zero-order chi connectivity index (χ0) is 19.5. The number of benzene rings is 1. The van der Waals surface area contributed by atoms with Gasteiger partial charge in [-0.15, -0.1) is 0 Å². The normalized spacial score (nSPS) is 36.1. The van der Waals surface area contributed by atoms with E-state index >= 15 is 0 Å². The van der Waals surface area contributed by atoms with E-state index in [2.05, 4.69) is 39.2 Å². The van der Waals surface area contributed by atoms with Crippen molar-refractivity contribution in [1.29, 1.82) is 0 Å². The van der Waals surface area contributed by atoms with Gasteiger partial charge in [0.25, 0.3) is 0 Å². The summed E-state index contributed by atoms with van der Waals surface area (Å²) in [6.07, 6.45) is 5.98. The number of ether oxygens (including phenoxy) is 1. The standard InChI is InChI=1S/C23H30N2O3/c1-22(24-21(27)28-2)11-17(12-22)20(26)25-10-9-23(13-19(23)14-25)18-7-5-16(6-8-18)15-3-4-15/h5-8,15,17,19H,3-4,9-14H2,1-2H3,(H,24,27)/t17-,19?,22+,23?. The summed E-state index contributed by atoms with van der Waals surface area (Å²) in [5.41, 5.74) is 2.99. The number of likely N-dealkylation sites (tertiary alicyclic amines) is 1. The molecular weight excluding hydrogens is 352 g/mol. The van der Waals surface area contributed by atoms with E-state index in [0.29, 0.717) is 24.2 Å². The lowest BCUT2D eigenvalue weighted by molar-refractivity contribution is -0.142. The van der Waals surface area contributed by atoms with E-state index in [0.717, 1.165) is 25.4 Å². The summed E-state index contributed by atoms with van der Waals surface area (Å²) in [4.78, 5) is 26.5. The van der Waals surface area contributed by atoms with Gasteiger partial charge in [-0.2, -0.15) is 0 Å². The van der Waals surface area contributed by atoms with Crippen LogP contribution in [0, 0.1) is 11.8 Å². The van der Waals surface area contributed by atoms with Crippen LogP contribution in [-0.4, -0.2) is 42.6 Å². The van der Waals surface area contributed by atoms with Crippen LogP contribution in [0.5, 0.6) is 0 Å². The molecule has 5 heteroatoms. The molecule has 2 atom stereocenters. The molecule has 1 saturated heterocycles. The molecule has 0 radical (unpaired) electrons. The van der Waals surface area contributed by atoms with Gasteiger partial charge in [0.15, 0.2) is 0 Å². The number of hydrogen-bond donors (Lipinski definition) is 1. The van der Waals surface area contributed by atoms with Crippen LogP contribution in [-0.2, 0) is 14.9 Å². The lowest BCUT2D eigenvalue weighted by atomic mass is 9.68. The van der Waals surface area contributed by atoms with Gasteiger partial charge in [0, 0.05) is 30.0 Å². The number of amides is 2. The maximum atomic E-state index is 12.9. The molecule has 150 valence electrons. The first-order valence-electron chi connectivity index (χ1n) is 10.7. The fourth-order valence-electron chi connectivity index (χ4n) is 5.68. The molecule has 3 aliphatic carbocycles. The predicted molar refractivity (Wildman–Crippen MR) is 106 cm³/mol. The van der Waals surface area contributed by atoms with Crippen LogP contribution >= 0.6 is 0 Å². The number of rotatable bonds is 4. The Morgan fingerprint density at radius 3 is 2.46 bits per heavy atom. The highest BCUT2D eigenvalue weighted by Crippen LogP contribution is 2.59. The lowest BCUT2D eigenvalue weighted by Gasteiger charge is -2.46. The second-order valence-electron chi connectivity index (χ2n) is 9.77. The minimum atomic E-state index is -0.415. The molecule has 0 bridgehead atoms. The Kier molecular flexibility index (Phi) is 4.01. The Hall–Kier alpha value is -2.04. The highest BCUT2D eigenvalue weighted by Gasteiger charge is 2.58. The Labute approximate surface area is 166 Å². The second kappa shape index (κ2) is 6.23. The van der Waals surface area contributed by atoms with E-state index in [1.807, 2.05) is 6.92 Å². The Morgan fingerprint density at radius 1 is 1.14 bits per heavy atom. The van der Waals surface area contributed by atoms with Gasteiger partial charge in [-0.1, -0.05) is 24.3 Å². The van der Waals surface area contributed by atoms with Crippen LogP contribution in [0.2, 0.25) is 0 Å². The first kappa shape index (κ1) is 18.0. The molecule has 2 unspecified atom stereocenters. The molecule has 4 aliphatic rings. The van der Waals surface area contributed by atoms with Crippen LogP contribution in [0.15, 0.2) is 24.3 Å². The first-order valence-corrected chi connectivity index (χ1v) is 10.7. The number of fused-ring (bicyclic) bond motifs is 1. The van der Waals surface area contributed by atoms with Crippen molar-refractivity contribution >= 4 is 12.0 Å². The van der Waals surface area contributed by atoms with Crippen molar-refractivity contribution in [3.05, 3.63) is 35.4 Å². The minimum absolute atomic E-state index is 0.0335. The summed E-state index contributed by atoms with van der Waals surface area (Å²) in [5.74, 6) is 1.72. The van der Waals surface area contributed by atoms with Gasteiger partial charge in [-0.05, 0) is 68.4 Å². The van der Waals surface area contributed by atoms with Gasteiger partial charge in [0.05, 0.1) is 7.11 Å². The summed E-state index contributed by atoms with van der Waals surface area (Å²) < 4.78 is 4.68. The van der Waals surface area contributed by atoms with Crippen molar-refractivity contribution in [3.8, 4) is 0 Å². The minimum Gasteiger partial charge on any atom is -0.453 e. The van der Waals surface area contributed by atoms with Crippen molar-refractivity contribution in [2.45, 2.75) is 62.3 Å². The maximum absolute atomic E-state index is 12.9. The molecule has 0 aromatic heterocycles. The lowest BCUT2D eigenvalue weighted by Crippen LogP contribution is -2.59. The molecule has 28 heavy (non-hydrogen) atoms. The monoisotopic (exact) mass is 382 g/mol. The molecular formula is C23H30N2O3. The van der Waals surface area contributed by atoms with Gasteiger partial charge >= 0.3 is 6.09 Å². The summed E-state index contributed by atoms with van der Waals surface area (Å²) in [6.45, 7) is 3.74. The van der Waals surface area contributed by atoms with Gasteiger partial charge in [0.1, 0.15) is 0 Å². The summed E-state index contributed by atoms with van der Waals surface area (Å²) in [6, 6.07) is 9.36. The van der Waals surface area contributed by atoms with Gasteiger partial charge in [0.2, 0.25) is 5.91 Å². The fourth-order valence-corrected chi connectivity index (χ4v) is 5.68. The fraction of sp³-hybridized carbons (Fsp3) is 0.652. The van der Waals surface area contributed by atoms with E-state index in [-0.39, 0.29) is 17.4 Å². The van der Waals surface area contributed by atoms with Gasteiger partial charge in [-0.25, -0.2) is 4.79 Å². The molecule has 1 aliphatic heterocycles. The SMILES string of the molecule is COC(=O)N[C@]1(C)C[C@H](C(=O)N2CCC3(c4ccc(C5CC5)cc4)CC3C2)C1. The number of piperidine rings is 1. The number of methoxy groups -OCH3 is 1. The number of hydrogen-bond acceptors (Lipinski definition) is 3. The molecule has 0 spiro atoms. The second-order valence-corrected chi connectivity index (χ2v) is 9.77. The number of carbonyl (C=O) groups excluding carboxylic acids is 2. The van der Waals surface area contributed by atoms with Crippen molar-refractivity contribution in [2.24, 2.45) is 11.8 Å². The predicted octanol–water partition coefficient (Wildman–Crippen LogP) is 3.58. The number of carbonyl (C=O) groups is 2. The van der Waals surface area contributed by atoms with Crippen molar-refractivity contribution < 1.29 is 14.3 Å².